The van der Waals surface area contributed by atoms with Gasteiger partial charge in [-0.2, -0.15) is 0 Å². The van der Waals surface area contributed by atoms with Gasteiger partial charge < -0.3 is 20.1 Å². The Morgan fingerprint density at radius 3 is 2.40 bits per heavy atom. The summed E-state index contributed by atoms with van der Waals surface area (Å²) in [4.78, 5) is 13.2. The van der Waals surface area contributed by atoms with Gasteiger partial charge in [-0.25, -0.2) is 0 Å². The van der Waals surface area contributed by atoms with Crippen molar-refractivity contribution in [2.24, 2.45) is 0 Å². The summed E-state index contributed by atoms with van der Waals surface area (Å²) >= 11 is 0. The zero-order valence-corrected chi connectivity index (χ0v) is 12.6. The maximum atomic E-state index is 11.2. The summed E-state index contributed by atoms with van der Waals surface area (Å²) in [7, 11) is 3.59. The minimum absolute atomic E-state index is 0.155. The zero-order valence-electron chi connectivity index (χ0n) is 12.6. The van der Waals surface area contributed by atoms with E-state index in [4.69, 9.17) is 4.74 Å². The van der Waals surface area contributed by atoms with E-state index in [-0.39, 0.29) is 6.04 Å². The molecule has 0 bridgehead atoms. The van der Waals surface area contributed by atoms with E-state index in [1.807, 2.05) is 50.1 Å². The number of nitrogens with zero attached hydrogens (tertiary/aromatic N) is 1. The van der Waals surface area contributed by atoms with Crippen LogP contribution in [0.15, 0.2) is 24.3 Å². The van der Waals surface area contributed by atoms with Gasteiger partial charge in [-0.3, -0.25) is 4.79 Å². The summed E-state index contributed by atoms with van der Waals surface area (Å²) < 4.78 is 5.12. The molecule has 0 saturated heterocycles. The lowest BCUT2D eigenvalue weighted by atomic mass is 10.1. The molecule has 0 heterocycles. The highest BCUT2D eigenvalue weighted by Crippen LogP contribution is 2.18. The van der Waals surface area contributed by atoms with Gasteiger partial charge in [-0.15, -0.1) is 0 Å². The highest BCUT2D eigenvalue weighted by atomic mass is 16.5. The number of ether oxygens (including phenoxy) is 1. The van der Waals surface area contributed by atoms with Gasteiger partial charge in [0.05, 0.1) is 7.11 Å². The molecular weight excluding hydrogens is 256 g/mol. The molecule has 112 valence electrons. The highest BCUT2D eigenvalue weighted by Gasteiger charge is 2.18. The predicted octanol–water partition coefficient (Wildman–Crippen LogP) is 1.97. The molecule has 0 radical (unpaired) electrons. The van der Waals surface area contributed by atoms with Crippen molar-refractivity contribution in [3.8, 4) is 5.75 Å². The third-order valence-corrected chi connectivity index (χ3v) is 3.10. The van der Waals surface area contributed by atoms with Crippen LogP contribution in [0.3, 0.4) is 0 Å². The topological polar surface area (TPSA) is 61.8 Å². The first kappa shape index (κ1) is 16.3. The summed E-state index contributed by atoms with van der Waals surface area (Å²) in [6.07, 6.45) is 0.552. The molecular formula is C15H24N2O3. The first-order chi connectivity index (χ1) is 9.43. The number of carboxylic acid groups (broad SMARTS) is 1. The molecule has 1 aromatic rings. The third kappa shape index (κ3) is 5.09. The van der Waals surface area contributed by atoms with Crippen LogP contribution >= 0.6 is 0 Å². The van der Waals surface area contributed by atoms with Crippen LogP contribution in [0.1, 0.15) is 20.3 Å². The van der Waals surface area contributed by atoms with Crippen molar-refractivity contribution in [3.05, 3.63) is 24.3 Å². The molecule has 5 heteroatoms. The van der Waals surface area contributed by atoms with Crippen LogP contribution in [0, 0.1) is 0 Å². The van der Waals surface area contributed by atoms with E-state index < -0.39 is 12.0 Å². The maximum Gasteiger partial charge on any atom is 0.320 e. The smallest absolute Gasteiger partial charge is 0.320 e. The maximum absolute atomic E-state index is 11.2. The largest absolute Gasteiger partial charge is 0.497 e. The van der Waals surface area contributed by atoms with Gasteiger partial charge in [0, 0.05) is 25.3 Å². The van der Waals surface area contributed by atoms with Crippen LogP contribution in [0.2, 0.25) is 0 Å². The van der Waals surface area contributed by atoms with Gasteiger partial charge in [0.15, 0.2) is 0 Å². The Balaban J connectivity index is 2.55. The monoisotopic (exact) mass is 280 g/mol. The van der Waals surface area contributed by atoms with Crippen molar-refractivity contribution < 1.29 is 14.6 Å². The van der Waals surface area contributed by atoms with Crippen LogP contribution < -0.4 is 15.0 Å². The lowest BCUT2D eigenvalue weighted by Gasteiger charge is -2.23. The van der Waals surface area contributed by atoms with Crippen molar-refractivity contribution in [2.45, 2.75) is 32.4 Å². The SMILES string of the molecule is COc1ccc(N(C)CCC(NC(C)C)C(=O)O)cc1. The molecule has 0 aromatic heterocycles. The number of rotatable bonds is 8. The molecule has 0 spiro atoms. The molecule has 20 heavy (non-hydrogen) atoms. The van der Waals surface area contributed by atoms with Crippen LogP contribution in [-0.4, -0.2) is 43.9 Å². The second-order valence-electron chi connectivity index (χ2n) is 5.12. The van der Waals surface area contributed by atoms with Crippen molar-refractivity contribution in [1.82, 2.24) is 5.32 Å². The number of benzene rings is 1. The molecule has 1 rings (SSSR count). The first-order valence-corrected chi connectivity index (χ1v) is 6.78. The van der Waals surface area contributed by atoms with Crippen LogP contribution in [0.25, 0.3) is 0 Å². The molecule has 0 aliphatic carbocycles. The number of aliphatic carboxylic acids is 1. The minimum Gasteiger partial charge on any atom is -0.497 e. The molecule has 1 atom stereocenters. The number of nitrogens with one attached hydrogen (secondary N) is 1. The third-order valence-electron chi connectivity index (χ3n) is 3.10. The number of hydrogen-bond donors (Lipinski definition) is 2. The fourth-order valence-corrected chi connectivity index (χ4v) is 1.97. The quantitative estimate of drug-likeness (QED) is 0.762. The number of hydrogen-bond acceptors (Lipinski definition) is 4. The Bertz CT molecular complexity index is 418. The van der Waals surface area contributed by atoms with E-state index in [2.05, 4.69) is 5.32 Å². The average Bonchev–Trinajstić information content (AvgIpc) is 2.42. The van der Waals surface area contributed by atoms with E-state index in [0.29, 0.717) is 13.0 Å². The van der Waals surface area contributed by atoms with Gasteiger partial charge in [0.2, 0.25) is 0 Å². The van der Waals surface area contributed by atoms with Gasteiger partial charge in [-0.1, -0.05) is 13.8 Å². The fourth-order valence-electron chi connectivity index (χ4n) is 1.97. The summed E-state index contributed by atoms with van der Waals surface area (Å²) in [6.45, 7) is 4.56. The molecule has 5 nitrogen and oxygen atoms in total. The normalized spacial score (nSPS) is 12.2. The molecule has 0 fully saturated rings. The second kappa shape index (κ2) is 7.75. The number of carboxylic acids is 1. The summed E-state index contributed by atoms with van der Waals surface area (Å²) in [5.74, 6) is 0.00821. The zero-order chi connectivity index (χ0) is 15.1. The minimum atomic E-state index is -0.804. The van der Waals surface area contributed by atoms with Gasteiger partial charge in [-0.05, 0) is 30.7 Å². The van der Waals surface area contributed by atoms with Gasteiger partial charge >= 0.3 is 5.97 Å². The Labute approximate surface area is 120 Å². The van der Waals surface area contributed by atoms with E-state index in [9.17, 15) is 9.90 Å². The van der Waals surface area contributed by atoms with Gasteiger partial charge in [0.1, 0.15) is 11.8 Å². The van der Waals surface area contributed by atoms with Crippen molar-refractivity contribution in [1.29, 1.82) is 0 Å². The Morgan fingerprint density at radius 2 is 1.95 bits per heavy atom. The molecule has 1 unspecified atom stereocenters. The predicted molar refractivity (Wildman–Crippen MR) is 80.6 cm³/mol. The Kier molecular flexibility index (Phi) is 6.31. The Hall–Kier alpha value is -1.75. The van der Waals surface area contributed by atoms with Crippen molar-refractivity contribution in [3.63, 3.8) is 0 Å². The molecule has 0 amide bonds. The molecule has 2 N–H and O–H groups in total. The Morgan fingerprint density at radius 1 is 1.35 bits per heavy atom. The summed E-state index contributed by atoms with van der Waals surface area (Å²) in [6, 6.07) is 7.35. The number of carbonyl (C=O) groups is 1. The van der Waals surface area contributed by atoms with Crippen LogP contribution in [0.4, 0.5) is 5.69 Å². The van der Waals surface area contributed by atoms with Crippen LogP contribution in [-0.2, 0) is 4.79 Å². The fraction of sp³-hybridized carbons (Fsp3) is 0.533. The second-order valence-corrected chi connectivity index (χ2v) is 5.12. The lowest BCUT2D eigenvalue weighted by Crippen LogP contribution is -2.42. The van der Waals surface area contributed by atoms with E-state index in [0.717, 1.165) is 11.4 Å². The summed E-state index contributed by atoms with van der Waals surface area (Å²) in [5, 5.41) is 12.2. The average molecular weight is 280 g/mol. The summed E-state index contributed by atoms with van der Waals surface area (Å²) in [5.41, 5.74) is 1.04. The van der Waals surface area contributed by atoms with E-state index >= 15 is 0 Å². The molecule has 1 aromatic carbocycles. The van der Waals surface area contributed by atoms with Gasteiger partial charge in [0.25, 0.3) is 0 Å². The highest BCUT2D eigenvalue weighted by molar-refractivity contribution is 5.73. The number of anilines is 1. The standard InChI is InChI=1S/C15H24N2O3/c1-11(2)16-14(15(18)19)9-10-17(3)12-5-7-13(20-4)8-6-12/h5-8,11,14,16H,9-10H2,1-4H3,(H,18,19). The first-order valence-electron chi connectivity index (χ1n) is 6.78. The van der Waals surface area contributed by atoms with E-state index in [1.165, 1.54) is 0 Å². The molecule has 0 saturated carbocycles. The van der Waals surface area contributed by atoms with Crippen molar-refractivity contribution >= 4 is 11.7 Å². The molecule has 0 aliphatic heterocycles. The van der Waals surface area contributed by atoms with E-state index in [1.54, 1.807) is 7.11 Å². The number of methoxy groups -OCH3 is 1. The lowest BCUT2D eigenvalue weighted by molar-refractivity contribution is -0.139. The molecule has 0 aliphatic rings. The van der Waals surface area contributed by atoms with Crippen molar-refractivity contribution in [2.75, 3.05) is 25.6 Å². The van der Waals surface area contributed by atoms with Crippen LogP contribution in [0.5, 0.6) is 5.75 Å².